The van der Waals surface area contributed by atoms with E-state index >= 15 is 0 Å². The van der Waals surface area contributed by atoms with Crippen LogP contribution in [0.5, 0.6) is 0 Å². The van der Waals surface area contributed by atoms with Gasteiger partial charge in [-0.2, -0.15) is 0 Å². The molecule has 1 heterocycles. The van der Waals surface area contributed by atoms with Gasteiger partial charge in [-0.1, -0.05) is 19.8 Å². The number of carbonyl (C=O) groups is 2. The van der Waals surface area contributed by atoms with Crippen LogP contribution in [0, 0.1) is 0 Å². The summed E-state index contributed by atoms with van der Waals surface area (Å²) in [5.41, 5.74) is 1.46. The molecule has 4 N–H and O–H groups in total. The maximum absolute atomic E-state index is 11.8. The number of amides is 2. The van der Waals surface area contributed by atoms with Crippen LogP contribution in [0.15, 0.2) is 0 Å². The predicted octanol–water partition coefficient (Wildman–Crippen LogP) is 1.97. The van der Waals surface area contributed by atoms with E-state index in [4.69, 9.17) is 20.1 Å². The Morgan fingerprint density at radius 2 is 1.84 bits per heavy atom. The second-order valence-electron chi connectivity index (χ2n) is 7.27. The average Bonchev–Trinajstić information content (AvgIpc) is 3.00. The zero-order chi connectivity index (χ0) is 18.9. The maximum Gasteiger partial charge on any atom is 0.408 e. The zero-order valence-corrected chi connectivity index (χ0v) is 15.9. The number of nitrogens with two attached hydrogens (primary N) is 1. The monoisotopic (exact) mass is 359 g/mol. The van der Waals surface area contributed by atoms with E-state index in [1.807, 2.05) is 0 Å². The summed E-state index contributed by atoms with van der Waals surface area (Å²) in [6.07, 6.45) is 4.12. The molecule has 1 rings (SSSR count). The highest BCUT2D eigenvalue weighted by Gasteiger charge is 2.33. The van der Waals surface area contributed by atoms with Crippen molar-refractivity contribution in [2.75, 3.05) is 13.2 Å². The van der Waals surface area contributed by atoms with Gasteiger partial charge < -0.3 is 19.5 Å². The van der Waals surface area contributed by atoms with Crippen LogP contribution in [-0.2, 0) is 19.0 Å². The van der Waals surface area contributed by atoms with Crippen LogP contribution in [-0.4, -0.2) is 42.6 Å². The Labute approximate surface area is 150 Å². The quantitative estimate of drug-likeness (QED) is 0.251. The summed E-state index contributed by atoms with van der Waals surface area (Å²) >= 11 is 0. The standard InChI is InChI=1S/C17H33N3O5/c1-5-17(23-11-12-24-17)10-8-6-7-9-13(14(21)20-18)19-15(22)25-16(2,3)4/h13H,5-12,18H2,1-4H3,(H,19,22)(H,20,21)/t13-/m0/s1. The van der Waals surface area contributed by atoms with Crippen LogP contribution in [0.4, 0.5) is 4.79 Å². The first-order valence-electron chi connectivity index (χ1n) is 8.99. The summed E-state index contributed by atoms with van der Waals surface area (Å²) in [4.78, 5) is 23.7. The number of rotatable bonds is 9. The minimum absolute atomic E-state index is 0.432. The highest BCUT2D eigenvalue weighted by atomic mass is 16.7. The van der Waals surface area contributed by atoms with E-state index in [1.54, 1.807) is 20.8 Å². The molecule has 1 fully saturated rings. The normalized spacial score (nSPS) is 17.8. The van der Waals surface area contributed by atoms with E-state index in [9.17, 15) is 9.59 Å². The van der Waals surface area contributed by atoms with E-state index in [2.05, 4.69) is 17.7 Å². The predicted molar refractivity (Wildman–Crippen MR) is 93.5 cm³/mol. The molecular formula is C17H33N3O5. The molecule has 0 aromatic heterocycles. The van der Waals surface area contributed by atoms with Crippen LogP contribution in [0.2, 0.25) is 0 Å². The van der Waals surface area contributed by atoms with Crippen molar-refractivity contribution in [2.45, 2.75) is 83.6 Å². The number of ether oxygens (including phenoxy) is 3. The van der Waals surface area contributed by atoms with Crippen molar-refractivity contribution in [2.24, 2.45) is 5.84 Å². The zero-order valence-electron chi connectivity index (χ0n) is 15.9. The lowest BCUT2D eigenvalue weighted by molar-refractivity contribution is -0.164. The number of hydrogen-bond acceptors (Lipinski definition) is 6. The summed E-state index contributed by atoms with van der Waals surface area (Å²) in [7, 11) is 0. The van der Waals surface area contributed by atoms with Crippen molar-refractivity contribution >= 4 is 12.0 Å². The minimum atomic E-state index is -0.709. The van der Waals surface area contributed by atoms with E-state index in [1.165, 1.54) is 0 Å². The molecule has 0 spiro atoms. The third-order valence-corrected chi connectivity index (χ3v) is 4.05. The summed E-state index contributed by atoms with van der Waals surface area (Å²) in [5.74, 6) is 4.33. The van der Waals surface area contributed by atoms with Crippen LogP contribution in [0.25, 0.3) is 0 Å². The number of hydrazine groups is 1. The SMILES string of the molecule is CCC1(CCCCC[C@H](NC(=O)OC(C)(C)C)C(=O)NN)OCCO1. The second kappa shape index (κ2) is 9.94. The first kappa shape index (κ1) is 21.7. The molecule has 1 atom stereocenters. The Balaban J connectivity index is 2.35. The van der Waals surface area contributed by atoms with Crippen LogP contribution < -0.4 is 16.6 Å². The number of nitrogens with one attached hydrogen (secondary N) is 2. The minimum Gasteiger partial charge on any atom is -0.444 e. The molecule has 0 saturated carbocycles. The van der Waals surface area contributed by atoms with Gasteiger partial charge in [0, 0.05) is 6.42 Å². The third kappa shape index (κ3) is 8.02. The van der Waals surface area contributed by atoms with Crippen molar-refractivity contribution in [3.05, 3.63) is 0 Å². The van der Waals surface area contributed by atoms with Crippen molar-refractivity contribution in [1.82, 2.24) is 10.7 Å². The highest BCUT2D eigenvalue weighted by Crippen LogP contribution is 2.29. The Bertz CT molecular complexity index is 430. The first-order valence-corrected chi connectivity index (χ1v) is 8.99. The van der Waals surface area contributed by atoms with Crippen molar-refractivity contribution in [3.8, 4) is 0 Å². The number of hydrogen-bond donors (Lipinski definition) is 3. The van der Waals surface area contributed by atoms with Gasteiger partial charge in [-0.05, 0) is 40.0 Å². The molecule has 146 valence electrons. The van der Waals surface area contributed by atoms with Gasteiger partial charge in [0.25, 0.3) is 5.91 Å². The lowest BCUT2D eigenvalue weighted by atomic mass is 10.0. The molecule has 0 aromatic rings. The molecule has 0 bridgehead atoms. The molecule has 1 aliphatic rings. The summed E-state index contributed by atoms with van der Waals surface area (Å²) in [6.45, 7) is 8.64. The molecule has 8 heteroatoms. The molecule has 1 saturated heterocycles. The highest BCUT2D eigenvalue weighted by molar-refractivity contribution is 5.85. The fourth-order valence-electron chi connectivity index (χ4n) is 2.76. The lowest BCUT2D eigenvalue weighted by Gasteiger charge is -2.26. The van der Waals surface area contributed by atoms with E-state index in [0.717, 1.165) is 32.1 Å². The fraction of sp³-hybridized carbons (Fsp3) is 0.882. The Hall–Kier alpha value is -1.38. The molecule has 0 radical (unpaired) electrons. The van der Waals surface area contributed by atoms with E-state index < -0.39 is 29.4 Å². The second-order valence-corrected chi connectivity index (χ2v) is 7.27. The van der Waals surface area contributed by atoms with Gasteiger partial charge in [-0.15, -0.1) is 0 Å². The molecule has 25 heavy (non-hydrogen) atoms. The van der Waals surface area contributed by atoms with Gasteiger partial charge in [0.2, 0.25) is 0 Å². The topological polar surface area (TPSA) is 112 Å². The largest absolute Gasteiger partial charge is 0.444 e. The van der Waals surface area contributed by atoms with Gasteiger partial charge in [-0.25, -0.2) is 10.6 Å². The summed E-state index contributed by atoms with van der Waals surface area (Å²) in [5, 5.41) is 2.57. The van der Waals surface area contributed by atoms with Crippen molar-refractivity contribution in [1.29, 1.82) is 0 Å². The number of unbranched alkanes of at least 4 members (excludes halogenated alkanes) is 2. The molecule has 1 aliphatic heterocycles. The van der Waals surface area contributed by atoms with E-state index in [0.29, 0.717) is 19.6 Å². The maximum atomic E-state index is 11.8. The molecule has 0 aliphatic carbocycles. The van der Waals surface area contributed by atoms with Gasteiger partial charge in [0.05, 0.1) is 13.2 Å². The molecule has 2 amide bonds. The number of alkyl carbamates (subject to hydrolysis) is 1. The van der Waals surface area contributed by atoms with Crippen LogP contribution >= 0.6 is 0 Å². The molecule has 8 nitrogen and oxygen atoms in total. The lowest BCUT2D eigenvalue weighted by Crippen LogP contribution is -2.50. The summed E-state index contributed by atoms with van der Waals surface area (Å²) in [6, 6.07) is -0.709. The van der Waals surface area contributed by atoms with Gasteiger partial charge in [-0.3, -0.25) is 10.2 Å². The molecule has 0 aromatic carbocycles. The Morgan fingerprint density at radius 1 is 1.20 bits per heavy atom. The van der Waals surface area contributed by atoms with Crippen molar-refractivity contribution < 1.29 is 23.8 Å². The number of carbonyl (C=O) groups excluding carboxylic acids is 2. The fourth-order valence-corrected chi connectivity index (χ4v) is 2.76. The molecular weight excluding hydrogens is 326 g/mol. The average molecular weight is 359 g/mol. The van der Waals surface area contributed by atoms with E-state index in [-0.39, 0.29) is 0 Å². The first-order chi connectivity index (χ1) is 11.7. The van der Waals surface area contributed by atoms with Gasteiger partial charge in [0.1, 0.15) is 11.6 Å². The Kier molecular flexibility index (Phi) is 8.61. The smallest absolute Gasteiger partial charge is 0.408 e. The summed E-state index contributed by atoms with van der Waals surface area (Å²) < 4.78 is 16.6. The van der Waals surface area contributed by atoms with Crippen molar-refractivity contribution in [3.63, 3.8) is 0 Å². The van der Waals surface area contributed by atoms with Crippen LogP contribution in [0.3, 0.4) is 0 Å². The van der Waals surface area contributed by atoms with Crippen LogP contribution in [0.1, 0.15) is 66.2 Å². The Morgan fingerprint density at radius 3 is 2.36 bits per heavy atom. The third-order valence-electron chi connectivity index (χ3n) is 4.05. The molecule has 0 unspecified atom stereocenters. The van der Waals surface area contributed by atoms with Gasteiger partial charge >= 0.3 is 6.09 Å². The van der Waals surface area contributed by atoms with Gasteiger partial charge in [0.15, 0.2) is 5.79 Å².